The average molecular weight is 568 g/mol. The maximum absolute atomic E-state index is 13.0. The zero-order valence-electron chi connectivity index (χ0n) is 22.1. The van der Waals surface area contributed by atoms with Gasteiger partial charge in [0, 0.05) is 36.3 Å². The number of hydrogen-bond donors (Lipinski definition) is 5. The highest BCUT2D eigenvalue weighted by Gasteiger charge is 2.28. The monoisotopic (exact) mass is 567 g/mol. The summed E-state index contributed by atoms with van der Waals surface area (Å²) >= 11 is 0. The Labute approximate surface area is 230 Å². The Hall–Kier alpha value is -4.56. The maximum atomic E-state index is 13.0. The van der Waals surface area contributed by atoms with Crippen molar-refractivity contribution in [1.29, 1.82) is 0 Å². The molecule has 0 saturated heterocycles. The zero-order chi connectivity index (χ0) is 29.0. The second-order valence-electron chi connectivity index (χ2n) is 9.33. The number of fused-ring (bicyclic) bond motifs is 1. The third kappa shape index (κ3) is 6.52. The SMILES string of the molecule is Cc1cc(C)c(S(=O)(=O)N[C@@H](CNC(=O)c2ccc3c(cnn3CCC(=O)Nc3ncc[nH]3)c2)C(=O)O)c(C)c1. The second-order valence-corrected chi connectivity index (χ2v) is 11.0. The minimum absolute atomic E-state index is 0.0107. The smallest absolute Gasteiger partial charge is 0.323 e. The molecule has 4 aromatic rings. The number of carboxylic acids is 1. The predicted octanol–water partition coefficient (Wildman–Crippen LogP) is 1.87. The van der Waals surface area contributed by atoms with E-state index in [1.54, 1.807) is 55.2 Å². The number of hydrogen-bond acceptors (Lipinski definition) is 7. The summed E-state index contributed by atoms with van der Waals surface area (Å²) in [6, 6.07) is 6.60. The average Bonchev–Trinajstić information content (AvgIpc) is 3.53. The first kappa shape index (κ1) is 28.4. The van der Waals surface area contributed by atoms with E-state index in [1.165, 1.54) is 12.3 Å². The number of amides is 2. The summed E-state index contributed by atoms with van der Waals surface area (Å²) in [6.07, 6.45) is 4.82. The van der Waals surface area contributed by atoms with E-state index in [2.05, 4.69) is 30.4 Å². The Morgan fingerprint density at radius 3 is 2.48 bits per heavy atom. The Balaban J connectivity index is 1.39. The normalized spacial score (nSPS) is 12.3. The number of nitrogens with one attached hydrogen (secondary N) is 4. The van der Waals surface area contributed by atoms with Gasteiger partial charge in [-0.05, 0) is 50.1 Å². The molecule has 40 heavy (non-hydrogen) atoms. The van der Waals surface area contributed by atoms with E-state index < -0.39 is 34.5 Å². The van der Waals surface area contributed by atoms with Gasteiger partial charge in [-0.15, -0.1) is 0 Å². The summed E-state index contributed by atoms with van der Waals surface area (Å²) in [7, 11) is -4.17. The molecule has 0 bridgehead atoms. The first-order chi connectivity index (χ1) is 18.9. The molecule has 2 aromatic heterocycles. The van der Waals surface area contributed by atoms with Crippen LogP contribution >= 0.6 is 0 Å². The van der Waals surface area contributed by atoms with E-state index in [1.807, 2.05) is 6.92 Å². The van der Waals surface area contributed by atoms with E-state index in [0.29, 0.717) is 34.5 Å². The minimum atomic E-state index is -4.17. The number of nitrogens with zero attached hydrogens (tertiary/aromatic N) is 3. The van der Waals surface area contributed by atoms with Crippen molar-refractivity contribution < 1.29 is 27.9 Å². The molecule has 0 aliphatic heterocycles. The van der Waals surface area contributed by atoms with Crippen LogP contribution in [0, 0.1) is 20.8 Å². The van der Waals surface area contributed by atoms with Crippen LogP contribution in [0.1, 0.15) is 33.5 Å². The van der Waals surface area contributed by atoms with E-state index in [0.717, 1.165) is 5.56 Å². The molecular formula is C26H29N7O6S. The summed E-state index contributed by atoms with van der Waals surface area (Å²) in [4.78, 5) is 43.5. The molecule has 2 heterocycles. The van der Waals surface area contributed by atoms with Crippen LogP contribution in [0.5, 0.6) is 0 Å². The van der Waals surface area contributed by atoms with E-state index in [-0.39, 0.29) is 22.8 Å². The molecule has 2 amide bonds. The number of carbonyl (C=O) groups is 3. The molecule has 14 heteroatoms. The molecule has 0 spiro atoms. The van der Waals surface area contributed by atoms with Crippen LogP contribution in [0.3, 0.4) is 0 Å². The summed E-state index contributed by atoms with van der Waals surface area (Å²) < 4.78 is 29.8. The van der Waals surface area contributed by atoms with Crippen LogP contribution in [-0.4, -0.2) is 63.6 Å². The Morgan fingerprint density at radius 2 is 1.82 bits per heavy atom. The van der Waals surface area contributed by atoms with Crippen molar-refractivity contribution in [3.8, 4) is 0 Å². The topological polar surface area (TPSA) is 188 Å². The van der Waals surface area contributed by atoms with Gasteiger partial charge in [0.05, 0.1) is 23.2 Å². The highest BCUT2D eigenvalue weighted by Crippen LogP contribution is 2.22. The molecule has 0 unspecified atom stereocenters. The van der Waals surface area contributed by atoms with Crippen molar-refractivity contribution in [2.24, 2.45) is 0 Å². The van der Waals surface area contributed by atoms with Crippen molar-refractivity contribution >= 4 is 44.7 Å². The number of benzene rings is 2. The molecule has 0 fully saturated rings. The molecular weight excluding hydrogens is 538 g/mol. The summed E-state index contributed by atoms with van der Waals surface area (Å²) in [6.45, 7) is 4.94. The van der Waals surface area contributed by atoms with Gasteiger partial charge in [-0.1, -0.05) is 17.7 Å². The minimum Gasteiger partial charge on any atom is -0.480 e. The van der Waals surface area contributed by atoms with Crippen molar-refractivity contribution in [3.63, 3.8) is 0 Å². The van der Waals surface area contributed by atoms with Crippen LogP contribution in [0.4, 0.5) is 5.95 Å². The first-order valence-electron chi connectivity index (χ1n) is 12.3. The lowest BCUT2D eigenvalue weighted by Gasteiger charge is -2.18. The van der Waals surface area contributed by atoms with Crippen molar-refractivity contribution in [3.05, 3.63) is 71.2 Å². The second kappa shape index (κ2) is 11.7. The van der Waals surface area contributed by atoms with Gasteiger partial charge in [0.1, 0.15) is 6.04 Å². The van der Waals surface area contributed by atoms with Crippen molar-refractivity contribution in [1.82, 2.24) is 29.8 Å². The van der Waals surface area contributed by atoms with Crippen LogP contribution in [0.25, 0.3) is 10.9 Å². The first-order valence-corrected chi connectivity index (χ1v) is 13.8. The molecule has 1 atom stereocenters. The lowest BCUT2D eigenvalue weighted by Crippen LogP contribution is -2.48. The third-order valence-electron chi connectivity index (χ3n) is 6.15. The Kier molecular flexibility index (Phi) is 8.30. The highest BCUT2D eigenvalue weighted by molar-refractivity contribution is 7.89. The molecule has 2 aromatic carbocycles. The number of aromatic nitrogens is 4. The summed E-state index contributed by atoms with van der Waals surface area (Å²) in [5, 5.41) is 19.7. The van der Waals surface area contributed by atoms with Crippen LogP contribution < -0.4 is 15.4 Å². The molecule has 4 rings (SSSR count). The van der Waals surface area contributed by atoms with Gasteiger partial charge in [-0.25, -0.2) is 13.4 Å². The number of carboxylic acid groups (broad SMARTS) is 1. The molecule has 210 valence electrons. The fourth-order valence-corrected chi connectivity index (χ4v) is 6.10. The largest absolute Gasteiger partial charge is 0.480 e. The number of imidazole rings is 1. The number of aryl methyl sites for hydroxylation is 4. The lowest BCUT2D eigenvalue weighted by molar-refractivity contribution is -0.138. The molecule has 0 saturated carbocycles. The van der Waals surface area contributed by atoms with E-state index >= 15 is 0 Å². The number of aliphatic carboxylic acids is 1. The molecule has 0 aliphatic carbocycles. The maximum Gasteiger partial charge on any atom is 0.323 e. The third-order valence-corrected chi connectivity index (χ3v) is 7.92. The van der Waals surface area contributed by atoms with Gasteiger partial charge in [0.25, 0.3) is 5.91 Å². The fraction of sp³-hybridized carbons (Fsp3) is 0.269. The number of anilines is 1. The van der Waals surface area contributed by atoms with E-state index in [9.17, 15) is 27.9 Å². The summed E-state index contributed by atoms with van der Waals surface area (Å²) in [5.41, 5.74) is 2.80. The van der Waals surface area contributed by atoms with E-state index in [4.69, 9.17) is 0 Å². The Morgan fingerprint density at radius 1 is 1.10 bits per heavy atom. The van der Waals surface area contributed by atoms with Gasteiger partial charge in [-0.3, -0.25) is 24.4 Å². The number of aromatic amines is 1. The van der Waals surface area contributed by atoms with Gasteiger partial charge >= 0.3 is 5.97 Å². The highest BCUT2D eigenvalue weighted by atomic mass is 32.2. The van der Waals surface area contributed by atoms with Crippen LogP contribution in [0.15, 0.2) is 53.8 Å². The zero-order valence-corrected chi connectivity index (χ0v) is 22.9. The van der Waals surface area contributed by atoms with Crippen LogP contribution in [-0.2, 0) is 26.2 Å². The lowest BCUT2D eigenvalue weighted by atomic mass is 10.1. The summed E-state index contributed by atoms with van der Waals surface area (Å²) in [5.74, 6) is -1.91. The predicted molar refractivity (Wildman–Crippen MR) is 146 cm³/mol. The van der Waals surface area contributed by atoms with Crippen molar-refractivity contribution in [2.45, 2.75) is 44.7 Å². The van der Waals surface area contributed by atoms with Crippen LogP contribution in [0.2, 0.25) is 0 Å². The van der Waals surface area contributed by atoms with Gasteiger partial charge in [0.2, 0.25) is 21.9 Å². The van der Waals surface area contributed by atoms with Gasteiger partial charge in [0.15, 0.2) is 0 Å². The molecule has 0 aliphatic rings. The fourth-order valence-electron chi connectivity index (χ4n) is 4.46. The standard InChI is InChI=1S/C26H29N7O6S/c1-15-10-16(2)23(17(3)11-15)40(38,39)32-20(25(36)37)14-29-24(35)18-4-5-21-19(12-18)13-30-33(21)9-6-22(34)31-26-27-7-8-28-26/h4-5,7-8,10-13,20,32H,6,9,14H2,1-3H3,(H,29,35)(H,36,37)(H2,27,28,31,34)/t20-/m0/s1. The molecule has 5 N–H and O–H groups in total. The van der Waals surface area contributed by atoms with Gasteiger partial charge < -0.3 is 15.4 Å². The molecule has 0 radical (unpaired) electrons. The number of sulfonamides is 1. The quantitative estimate of drug-likeness (QED) is 0.182. The number of H-pyrrole nitrogens is 1. The number of carbonyl (C=O) groups excluding carboxylic acids is 2. The number of rotatable bonds is 11. The Bertz CT molecular complexity index is 1660. The van der Waals surface area contributed by atoms with Crippen molar-refractivity contribution in [2.75, 3.05) is 11.9 Å². The van der Waals surface area contributed by atoms with Gasteiger partial charge in [-0.2, -0.15) is 9.82 Å². The molecule has 13 nitrogen and oxygen atoms in total.